The summed E-state index contributed by atoms with van der Waals surface area (Å²) in [5.41, 5.74) is 0. The Balaban J connectivity index is 1.85. The molecule has 0 bridgehead atoms. The van der Waals surface area contributed by atoms with E-state index in [1.807, 2.05) is 0 Å². The van der Waals surface area contributed by atoms with E-state index in [1.165, 1.54) is 13.4 Å². The highest BCUT2D eigenvalue weighted by atomic mass is 16.5. The minimum atomic E-state index is -0.391. The summed E-state index contributed by atoms with van der Waals surface area (Å²) in [6, 6.07) is 3.31. The summed E-state index contributed by atoms with van der Waals surface area (Å²) in [7, 11) is 1.30. The van der Waals surface area contributed by atoms with Crippen LogP contribution in [0.1, 0.15) is 29.8 Å². The first kappa shape index (κ1) is 16.1. The molecule has 0 atom stereocenters. The molecule has 1 fully saturated rings. The van der Waals surface area contributed by atoms with Crippen LogP contribution in [0.2, 0.25) is 0 Å². The summed E-state index contributed by atoms with van der Waals surface area (Å²) in [4.78, 5) is 38.7. The first-order valence-electron chi connectivity index (χ1n) is 7.29. The number of nitrogens with zero attached hydrogens (tertiary/aromatic N) is 2. The molecule has 7 heteroatoms. The second kappa shape index (κ2) is 7.63. The van der Waals surface area contributed by atoms with Gasteiger partial charge in [-0.3, -0.25) is 14.4 Å². The lowest BCUT2D eigenvalue weighted by molar-refractivity contribution is -0.143. The van der Waals surface area contributed by atoms with Gasteiger partial charge in [0.25, 0.3) is 5.91 Å². The van der Waals surface area contributed by atoms with E-state index in [9.17, 15) is 14.4 Å². The predicted octanol–water partition coefficient (Wildman–Crippen LogP) is 0.907. The lowest BCUT2D eigenvalue weighted by Crippen LogP contribution is -2.37. The number of carbonyl (C=O) groups is 3. The van der Waals surface area contributed by atoms with Crippen LogP contribution in [0.25, 0.3) is 0 Å². The number of esters is 1. The number of methoxy groups -OCH3 is 1. The molecule has 2 amide bonds. The highest BCUT2D eigenvalue weighted by Gasteiger charge is 2.24. The van der Waals surface area contributed by atoms with Gasteiger partial charge in [-0.1, -0.05) is 0 Å². The fourth-order valence-corrected chi connectivity index (χ4v) is 2.40. The molecule has 1 aromatic rings. The third kappa shape index (κ3) is 4.09. The van der Waals surface area contributed by atoms with Gasteiger partial charge in [0.05, 0.1) is 19.8 Å². The van der Waals surface area contributed by atoms with Crippen LogP contribution in [0, 0.1) is 0 Å². The van der Waals surface area contributed by atoms with Gasteiger partial charge in [-0.2, -0.15) is 0 Å². The Hall–Kier alpha value is -2.31. The van der Waals surface area contributed by atoms with Crippen molar-refractivity contribution in [2.75, 3.05) is 33.3 Å². The molecule has 0 N–H and O–H groups in total. The molecule has 1 saturated heterocycles. The summed E-state index contributed by atoms with van der Waals surface area (Å²) in [5.74, 6) is -0.324. The van der Waals surface area contributed by atoms with Gasteiger partial charge in [0.15, 0.2) is 5.76 Å². The van der Waals surface area contributed by atoms with Gasteiger partial charge in [-0.25, -0.2) is 0 Å². The highest BCUT2D eigenvalue weighted by molar-refractivity contribution is 5.91. The molecule has 0 radical (unpaired) electrons. The average Bonchev–Trinajstić information content (AvgIpc) is 2.96. The molecule has 22 heavy (non-hydrogen) atoms. The van der Waals surface area contributed by atoms with Gasteiger partial charge in [0, 0.05) is 32.6 Å². The Morgan fingerprint density at radius 2 is 1.86 bits per heavy atom. The first-order chi connectivity index (χ1) is 10.6. The Morgan fingerprint density at radius 3 is 2.55 bits per heavy atom. The molecule has 0 saturated carbocycles. The van der Waals surface area contributed by atoms with Crippen molar-refractivity contribution in [3.63, 3.8) is 0 Å². The van der Waals surface area contributed by atoms with E-state index in [1.54, 1.807) is 21.9 Å². The predicted molar refractivity (Wildman–Crippen MR) is 77.1 cm³/mol. The molecule has 1 aliphatic rings. The van der Waals surface area contributed by atoms with Gasteiger partial charge >= 0.3 is 5.97 Å². The van der Waals surface area contributed by atoms with Crippen LogP contribution < -0.4 is 0 Å². The lowest BCUT2D eigenvalue weighted by atomic mass is 10.2. The summed E-state index contributed by atoms with van der Waals surface area (Å²) in [6.07, 6.45) is 2.39. The molecule has 0 aliphatic carbocycles. The molecule has 1 aliphatic heterocycles. The third-order valence-electron chi connectivity index (χ3n) is 3.64. The molecule has 1 aromatic heterocycles. The van der Waals surface area contributed by atoms with Crippen LogP contribution >= 0.6 is 0 Å². The van der Waals surface area contributed by atoms with E-state index >= 15 is 0 Å². The van der Waals surface area contributed by atoms with Crippen molar-refractivity contribution in [1.82, 2.24) is 9.80 Å². The first-order valence-corrected chi connectivity index (χ1v) is 7.29. The van der Waals surface area contributed by atoms with Crippen molar-refractivity contribution in [2.24, 2.45) is 0 Å². The average molecular weight is 308 g/mol. The Kier molecular flexibility index (Phi) is 5.57. The van der Waals surface area contributed by atoms with Crippen LogP contribution in [0.3, 0.4) is 0 Å². The number of amides is 2. The van der Waals surface area contributed by atoms with Crippen LogP contribution in [0.5, 0.6) is 0 Å². The Labute approximate surface area is 128 Å². The molecule has 0 unspecified atom stereocenters. The van der Waals surface area contributed by atoms with E-state index in [-0.39, 0.29) is 24.7 Å². The molecular weight excluding hydrogens is 288 g/mol. The zero-order valence-corrected chi connectivity index (χ0v) is 12.6. The summed E-state index contributed by atoms with van der Waals surface area (Å²) in [6.45, 7) is 2.10. The van der Waals surface area contributed by atoms with Gasteiger partial charge in [-0.15, -0.1) is 0 Å². The van der Waals surface area contributed by atoms with E-state index in [0.29, 0.717) is 38.4 Å². The fourth-order valence-electron chi connectivity index (χ4n) is 2.40. The number of rotatable bonds is 4. The Bertz CT molecular complexity index is 526. The van der Waals surface area contributed by atoms with Crippen LogP contribution in [0.4, 0.5) is 0 Å². The zero-order chi connectivity index (χ0) is 15.9. The Morgan fingerprint density at radius 1 is 1.14 bits per heavy atom. The highest BCUT2D eigenvalue weighted by Crippen LogP contribution is 2.11. The number of carbonyl (C=O) groups excluding carboxylic acids is 3. The minimum Gasteiger partial charge on any atom is -0.469 e. The summed E-state index contributed by atoms with van der Waals surface area (Å²) in [5, 5.41) is 0. The third-order valence-corrected chi connectivity index (χ3v) is 3.64. The van der Waals surface area contributed by atoms with E-state index in [4.69, 9.17) is 4.42 Å². The fraction of sp³-hybridized carbons (Fsp3) is 0.533. The SMILES string of the molecule is COC(=O)CCC(=O)N1CCCN(C(=O)c2ccco2)CC1. The maximum Gasteiger partial charge on any atom is 0.306 e. The van der Waals surface area contributed by atoms with Crippen molar-refractivity contribution in [3.05, 3.63) is 24.2 Å². The summed E-state index contributed by atoms with van der Waals surface area (Å²) < 4.78 is 9.65. The van der Waals surface area contributed by atoms with Crippen molar-refractivity contribution in [3.8, 4) is 0 Å². The van der Waals surface area contributed by atoms with Gasteiger partial charge in [-0.05, 0) is 18.6 Å². The zero-order valence-electron chi connectivity index (χ0n) is 12.6. The second-order valence-corrected chi connectivity index (χ2v) is 5.08. The van der Waals surface area contributed by atoms with Crippen LogP contribution in [-0.4, -0.2) is 60.9 Å². The van der Waals surface area contributed by atoms with Crippen LogP contribution in [0.15, 0.2) is 22.8 Å². The molecule has 0 aromatic carbocycles. The standard InChI is InChI=1S/C15H20N2O5/c1-21-14(19)6-5-13(18)16-7-3-8-17(10-9-16)15(20)12-4-2-11-22-12/h2,4,11H,3,5-10H2,1H3. The molecule has 120 valence electrons. The molecule has 0 spiro atoms. The van der Waals surface area contributed by atoms with Crippen molar-refractivity contribution >= 4 is 17.8 Å². The van der Waals surface area contributed by atoms with Crippen molar-refractivity contribution < 1.29 is 23.5 Å². The smallest absolute Gasteiger partial charge is 0.306 e. The van der Waals surface area contributed by atoms with Gasteiger partial charge in [0.1, 0.15) is 0 Å². The normalized spacial score (nSPS) is 15.3. The lowest BCUT2D eigenvalue weighted by Gasteiger charge is -2.21. The maximum atomic E-state index is 12.2. The molecule has 2 rings (SSSR count). The topological polar surface area (TPSA) is 80.1 Å². The molecule has 7 nitrogen and oxygen atoms in total. The monoisotopic (exact) mass is 308 g/mol. The largest absolute Gasteiger partial charge is 0.469 e. The number of hydrogen-bond donors (Lipinski definition) is 0. The maximum absolute atomic E-state index is 12.2. The molecule has 2 heterocycles. The number of ether oxygens (including phenoxy) is 1. The van der Waals surface area contributed by atoms with E-state index in [2.05, 4.69) is 4.74 Å². The van der Waals surface area contributed by atoms with Crippen molar-refractivity contribution in [2.45, 2.75) is 19.3 Å². The minimum absolute atomic E-state index is 0.0842. The second-order valence-electron chi connectivity index (χ2n) is 5.08. The van der Waals surface area contributed by atoms with Crippen LogP contribution in [-0.2, 0) is 14.3 Å². The number of furan rings is 1. The van der Waals surface area contributed by atoms with Crippen molar-refractivity contribution in [1.29, 1.82) is 0 Å². The van der Waals surface area contributed by atoms with E-state index < -0.39 is 5.97 Å². The molecular formula is C15H20N2O5. The van der Waals surface area contributed by atoms with E-state index in [0.717, 1.165) is 0 Å². The van der Waals surface area contributed by atoms with Gasteiger partial charge < -0.3 is 19.0 Å². The number of hydrogen-bond acceptors (Lipinski definition) is 5. The summed E-state index contributed by atoms with van der Waals surface area (Å²) >= 11 is 0. The quantitative estimate of drug-likeness (QED) is 0.772. The van der Waals surface area contributed by atoms with Gasteiger partial charge in [0.2, 0.25) is 5.91 Å².